The summed E-state index contributed by atoms with van der Waals surface area (Å²) < 4.78 is 1.09. The molecule has 0 saturated heterocycles. The molecule has 0 atom stereocenters. The summed E-state index contributed by atoms with van der Waals surface area (Å²) in [6.07, 6.45) is 0. The second-order valence-electron chi connectivity index (χ2n) is 2.69. The van der Waals surface area contributed by atoms with Crippen LogP contribution in [0.2, 0.25) is 0 Å². The van der Waals surface area contributed by atoms with E-state index in [4.69, 9.17) is 17.3 Å². The summed E-state index contributed by atoms with van der Waals surface area (Å²) >= 11 is 7.76. The van der Waals surface area contributed by atoms with Crippen molar-refractivity contribution in [2.24, 2.45) is 10.7 Å². The van der Waals surface area contributed by atoms with Crippen molar-refractivity contribution in [1.29, 1.82) is 0 Å². The summed E-state index contributed by atoms with van der Waals surface area (Å²) in [7, 11) is 0. The second-order valence-corrected chi connectivity index (χ2v) is 4.12. The molecule has 0 fully saturated rings. The summed E-state index contributed by atoms with van der Waals surface area (Å²) in [5.41, 5.74) is 7.62. The number of rotatable bonds is 2. The molecule has 0 aliphatic carbocycles. The molecule has 0 aromatic heterocycles. The molecule has 70 valence electrons. The number of aryl methyl sites for hydroxylation is 1. The van der Waals surface area contributed by atoms with Crippen molar-refractivity contribution < 1.29 is 0 Å². The van der Waals surface area contributed by atoms with Gasteiger partial charge in [0, 0.05) is 3.57 Å². The maximum atomic E-state index is 5.53. The minimum Gasteiger partial charge on any atom is -0.386 e. The maximum Gasteiger partial charge on any atom is 0.115 e. The molecule has 0 aliphatic heterocycles. The van der Waals surface area contributed by atoms with E-state index in [0.29, 0.717) is 5.84 Å². The smallest absolute Gasteiger partial charge is 0.115 e. The number of halogens is 2. The first-order valence-electron chi connectivity index (χ1n) is 3.78. The highest BCUT2D eigenvalue weighted by Gasteiger charge is 1.98. The van der Waals surface area contributed by atoms with Gasteiger partial charge < -0.3 is 5.73 Å². The number of amidine groups is 1. The van der Waals surface area contributed by atoms with E-state index in [2.05, 4.69) is 33.6 Å². The molecule has 1 rings (SSSR count). The zero-order chi connectivity index (χ0) is 9.84. The number of benzene rings is 1. The van der Waals surface area contributed by atoms with Crippen LogP contribution < -0.4 is 5.73 Å². The molecule has 0 bridgehead atoms. The van der Waals surface area contributed by atoms with E-state index in [9.17, 15) is 0 Å². The highest BCUT2D eigenvalue weighted by Crippen LogP contribution is 2.22. The molecule has 1 aromatic rings. The molecule has 0 radical (unpaired) electrons. The number of alkyl halides is 1. The Hall–Kier alpha value is -0.290. The minimum absolute atomic E-state index is 0.268. The van der Waals surface area contributed by atoms with Gasteiger partial charge in [0.25, 0.3) is 0 Å². The molecule has 2 nitrogen and oxygen atoms in total. The van der Waals surface area contributed by atoms with Crippen LogP contribution in [0.5, 0.6) is 0 Å². The fraction of sp³-hybridized carbons (Fsp3) is 0.222. The van der Waals surface area contributed by atoms with Crippen molar-refractivity contribution in [2.45, 2.75) is 6.92 Å². The fourth-order valence-corrected chi connectivity index (χ4v) is 1.74. The highest BCUT2D eigenvalue weighted by molar-refractivity contribution is 14.1. The van der Waals surface area contributed by atoms with Gasteiger partial charge in [-0.15, -0.1) is 11.6 Å². The van der Waals surface area contributed by atoms with Gasteiger partial charge in [-0.1, -0.05) is 6.07 Å². The first-order chi connectivity index (χ1) is 6.13. The Kier molecular flexibility index (Phi) is 3.99. The van der Waals surface area contributed by atoms with Gasteiger partial charge in [-0.05, 0) is 47.2 Å². The number of hydrogen-bond donors (Lipinski definition) is 1. The topological polar surface area (TPSA) is 38.4 Å². The molecule has 1 aromatic carbocycles. The zero-order valence-corrected chi connectivity index (χ0v) is 10.1. The molecular formula is C9H10ClIN2. The van der Waals surface area contributed by atoms with E-state index in [1.807, 2.05) is 19.1 Å². The fourth-order valence-electron chi connectivity index (χ4n) is 0.887. The first kappa shape index (κ1) is 10.8. The number of nitrogens with two attached hydrogens (primary N) is 1. The van der Waals surface area contributed by atoms with E-state index in [1.165, 1.54) is 5.56 Å². The van der Waals surface area contributed by atoms with E-state index in [-0.39, 0.29) is 5.88 Å². The van der Waals surface area contributed by atoms with Crippen molar-refractivity contribution >= 4 is 45.7 Å². The standard InChI is InChI=1S/C9H10ClIN2/c1-6-2-3-8(7(11)4-6)13-9(12)5-10/h2-4H,5H2,1H3,(H2,12,13). The van der Waals surface area contributed by atoms with Gasteiger partial charge in [-0.2, -0.15) is 0 Å². The normalized spacial score (nSPS) is 11.8. The Morgan fingerprint density at radius 2 is 2.31 bits per heavy atom. The lowest BCUT2D eigenvalue weighted by Gasteiger charge is -2.00. The Morgan fingerprint density at radius 1 is 1.62 bits per heavy atom. The van der Waals surface area contributed by atoms with Gasteiger partial charge in [0.15, 0.2) is 0 Å². The summed E-state index contributed by atoms with van der Waals surface area (Å²) in [6, 6.07) is 6.00. The zero-order valence-electron chi connectivity index (χ0n) is 7.22. The van der Waals surface area contributed by atoms with E-state index in [0.717, 1.165) is 9.26 Å². The lowest BCUT2D eigenvalue weighted by molar-refractivity contribution is 1.38. The quantitative estimate of drug-likeness (QED) is 0.388. The van der Waals surface area contributed by atoms with Crippen LogP contribution in [0.3, 0.4) is 0 Å². The Morgan fingerprint density at radius 3 is 2.85 bits per heavy atom. The van der Waals surface area contributed by atoms with Crippen LogP contribution in [-0.4, -0.2) is 11.7 Å². The lowest BCUT2D eigenvalue weighted by Crippen LogP contribution is -2.12. The third-order valence-electron chi connectivity index (χ3n) is 1.50. The predicted octanol–water partition coefficient (Wildman–Crippen LogP) is 2.83. The van der Waals surface area contributed by atoms with Crippen LogP contribution in [0.1, 0.15) is 5.56 Å². The van der Waals surface area contributed by atoms with E-state index >= 15 is 0 Å². The van der Waals surface area contributed by atoms with Crippen molar-refractivity contribution in [3.05, 3.63) is 27.3 Å². The largest absolute Gasteiger partial charge is 0.386 e. The van der Waals surface area contributed by atoms with Crippen molar-refractivity contribution in [3.8, 4) is 0 Å². The van der Waals surface area contributed by atoms with Gasteiger partial charge >= 0.3 is 0 Å². The van der Waals surface area contributed by atoms with Gasteiger partial charge in [0.05, 0.1) is 11.6 Å². The molecule has 0 amide bonds. The van der Waals surface area contributed by atoms with Crippen LogP contribution in [-0.2, 0) is 0 Å². The van der Waals surface area contributed by atoms with Crippen molar-refractivity contribution in [1.82, 2.24) is 0 Å². The maximum absolute atomic E-state index is 5.53. The lowest BCUT2D eigenvalue weighted by atomic mass is 10.2. The van der Waals surface area contributed by atoms with Crippen molar-refractivity contribution in [2.75, 3.05) is 5.88 Å². The average molecular weight is 309 g/mol. The minimum atomic E-state index is 0.268. The van der Waals surface area contributed by atoms with Crippen LogP contribution >= 0.6 is 34.2 Å². The van der Waals surface area contributed by atoms with Crippen LogP contribution in [0.15, 0.2) is 23.2 Å². The van der Waals surface area contributed by atoms with Crippen LogP contribution in [0.25, 0.3) is 0 Å². The molecule has 13 heavy (non-hydrogen) atoms. The molecule has 0 heterocycles. The van der Waals surface area contributed by atoms with Gasteiger partial charge in [-0.25, -0.2) is 4.99 Å². The average Bonchev–Trinajstić information content (AvgIpc) is 2.09. The second kappa shape index (κ2) is 4.81. The summed E-state index contributed by atoms with van der Waals surface area (Å²) in [5, 5.41) is 0. The molecule has 0 aliphatic rings. The molecular weight excluding hydrogens is 298 g/mol. The SMILES string of the molecule is Cc1ccc(N=C(N)CCl)c(I)c1. The highest BCUT2D eigenvalue weighted by atomic mass is 127. The van der Waals surface area contributed by atoms with Gasteiger partial charge in [-0.3, -0.25) is 0 Å². The monoisotopic (exact) mass is 308 g/mol. The summed E-state index contributed by atoms with van der Waals surface area (Å²) in [5.74, 6) is 0.715. The predicted molar refractivity (Wildman–Crippen MR) is 65.9 cm³/mol. The van der Waals surface area contributed by atoms with E-state index < -0.39 is 0 Å². The Labute approximate surface area is 96.3 Å². The summed E-state index contributed by atoms with van der Waals surface area (Å²) in [4.78, 5) is 4.17. The molecule has 0 unspecified atom stereocenters. The van der Waals surface area contributed by atoms with Crippen molar-refractivity contribution in [3.63, 3.8) is 0 Å². The molecule has 2 N–H and O–H groups in total. The third kappa shape index (κ3) is 3.15. The Balaban J connectivity index is 3.03. The number of hydrogen-bond acceptors (Lipinski definition) is 1. The molecule has 0 spiro atoms. The van der Waals surface area contributed by atoms with Crippen LogP contribution in [0.4, 0.5) is 5.69 Å². The first-order valence-corrected chi connectivity index (χ1v) is 5.40. The Bertz CT molecular complexity index is 336. The number of nitrogens with zero attached hydrogens (tertiary/aromatic N) is 1. The molecule has 0 saturated carbocycles. The van der Waals surface area contributed by atoms with E-state index in [1.54, 1.807) is 0 Å². The number of aliphatic imine (C=N–C) groups is 1. The van der Waals surface area contributed by atoms with Crippen LogP contribution in [0, 0.1) is 10.5 Å². The van der Waals surface area contributed by atoms with Gasteiger partial charge in [0.1, 0.15) is 5.84 Å². The third-order valence-corrected chi connectivity index (χ3v) is 2.64. The van der Waals surface area contributed by atoms with Gasteiger partial charge in [0.2, 0.25) is 0 Å². The molecule has 4 heteroatoms. The summed E-state index contributed by atoms with van der Waals surface area (Å²) in [6.45, 7) is 2.04.